The monoisotopic (exact) mass is 193 g/mol. The molecule has 2 N–H and O–H groups in total. The van der Waals surface area contributed by atoms with Crippen LogP contribution in [0, 0.1) is 11.3 Å². The van der Waals surface area contributed by atoms with E-state index >= 15 is 0 Å². The first kappa shape index (κ1) is 9.56. The second-order valence-electron chi connectivity index (χ2n) is 2.41. The zero-order valence-electron chi connectivity index (χ0n) is 6.87. The van der Waals surface area contributed by atoms with Gasteiger partial charge in [0.2, 0.25) is 0 Å². The number of pyridine rings is 1. The number of anilines is 1. The molecule has 0 aliphatic carbocycles. The minimum Gasteiger partial charge on any atom is -0.396 e. The van der Waals surface area contributed by atoms with Crippen molar-refractivity contribution in [1.29, 1.82) is 5.26 Å². The SMILES string of the molecule is N#CCC=Cc1cnc(Cl)c(N)c1. The first-order chi connectivity index (χ1) is 6.24. The van der Waals surface area contributed by atoms with Gasteiger partial charge in [-0.25, -0.2) is 4.98 Å². The van der Waals surface area contributed by atoms with Crippen LogP contribution in [0.3, 0.4) is 0 Å². The fourth-order valence-corrected chi connectivity index (χ4v) is 0.924. The van der Waals surface area contributed by atoms with Gasteiger partial charge in [0.05, 0.1) is 18.2 Å². The lowest BCUT2D eigenvalue weighted by atomic mass is 10.2. The molecule has 0 unspecified atom stereocenters. The van der Waals surface area contributed by atoms with Crippen molar-refractivity contribution in [3.63, 3.8) is 0 Å². The van der Waals surface area contributed by atoms with Gasteiger partial charge < -0.3 is 5.73 Å². The molecule has 1 heterocycles. The molecule has 0 bridgehead atoms. The third-order valence-electron chi connectivity index (χ3n) is 1.41. The molecule has 0 amide bonds. The minimum atomic E-state index is 0.303. The van der Waals surface area contributed by atoms with Gasteiger partial charge in [0.15, 0.2) is 5.15 Å². The van der Waals surface area contributed by atoms with Crippen LogP contribution >= 0.6 is 11.6 Å². The fourth-order valence-electron chi connectivity index (χ4n) is 0.821. The van der Waals surface area contributed by atoms with Crippen LogP contribution < -0.4 is 5.73 Å². The van der Waals surface area contributed by atoms with Gasteiger partial charge in [0.1, 0.15) is 0 Å². The van der Waals surface area contributed by atoms with Crippen molar-refractivity contribution in [2.24, 2.45) is 0 Å². The van der Waals surface area contributed by atoms with E-state index in [0.717, 1.165) is 5.56 Å². The Morgan fingerprint density at radius 3 is 3.08 bits per heavy atom. The van der Waals surface area contributed by atoms with Gasteiger partial charge in [0.25, 0.3) is 0 Å². The molecule has 0 aliphatic heterocycles. The van der Waals surface area contributed by atoms with Gasteiger partial charge in [-0.05, 0) is 11.6 Å². The predicted molar refractivity (Wildman–Crippen MR) is 52.9 cm³/mol. The van der Waals surface area contributed by atoms with E-state index in [9.17, 15) is 0 Å². The highest BCUT2D eigenvalue weighted by Crippen LogP contribution is 2.16. The molecular formula is C9H8ClN3. The Morgan fingerprint density at radius 1 is 1.69 bits per heavy atom. The Bertz CT molecular complexity index is 366. The van der Waals surface area contributed by atoms with Crippen LogP contribution in [0.1, 0.15) is 12.0 Å². The van der Waals surface area contributed by atoms with Crippen LogP contribution in [-0.4, -0.2) is 4.98 Å². The molecule has 0 saturated heterocycles. The molecule has 0 radical (unpaired) electrons. The van der Waals surface area contributed by atoms with Crippen molar-refractivity contribution < 1.29 is 0 Å². The largest absolute Gasteiger partial charge is 0.396 e. The summed E-state index contributed by atoms with van der Waals surface area (Å²) in [4.78, 5) is 3.86. The van der Waals surface area contributed by atoms with Crippen LogP contribution in [0.4, 0.5) is 5.69 Å². The molecule has 0 aromatic carbocycles. The number of aromatic nitrogens is 1. The summed E-state index contributed by atoms with van der Waals surface area (Å²) in [6.45, 7) is 0. The minimum absolute atomic E-state index is 0.303. The van der Waals surface area contributed by atoms with Crippen LogP contribution in [-0.2, 0) is 0 Å². The van der Waals surface area contributed by atoms with Crippen molar-refractivity contribution in [3.8, 4) is 6.07 Å². The van der Waals surface area contributed by atoms with E-state index in [2.05, 4.69) is 4.98 Å². The summed E-state index contributed by atoms with van der Waals surface area (Å²) in [5.41, 5.74) is 6.82. The second-order valence-corrected chi connectivity index (χ2v) is 2.77. The average molecular weight is 194 g/mol. The van der Waals surface area contributed by atoms with E-state index in [4.69, 9.17) is 22.6 Å². The maximum absolute atomic E-state index is 8.28. The number of rotatable bonds is 2. The normalized spacial score (nSPS) is 10.2. The molecule has 1 rings (SSSR count). The molecule has 0 atom stereocenters. The molecule has 0 spiro atoms. The van der Waals surface area contributed by atoms with E-state index < -0.39 is 0 Å². The van der Waals surface area contributed by atoms with Gasteiger partial charge >= 0.3 is 0 Å². The quantitative estimate of drug-likeness (QED) is 0.733. The van der Waals surface area contributed by atoms with Crippen molar-refractivity contribution in [1.82, 2.24) is 4.98 Å². The molecule has 1 aromatic rings. The Labute approximate surface area is 81.5 Å². The first-order valence-electron chi connectivity index (χ1n) is 3.68. The third kappa shape index (κ3) is 2.77. The summed E-state index contributed by atoms with van der Waals surface area (Å²) in [5, 5.41) is 8.58. The Kier molecular flexibility index (Phi) is 3.30. The maximum Gasteiger partial charge on any atom is 0.151 e. The Balaban J connectivity index is 2.81. The number of hydrogen-bond acceptors (Lipinski definition) is 3. The molecule has 0 aliphatic rings. The molecular weight excluding hydrogens is 186 g/mol. The van der Waals surface area contributed by atoms with Crippen LogP contribution in [0.2, 0.25) is 5.15 Å². The summed E-state index contributed by atoms with van der Waals surface area (Å²) in [6.07, 6.45) is 5.50. The zero-order chi connectivity index (χ0) is 9.68. The summed E-state index contributed by atoms with van der Waals surface area (Å²) < 4.78 is 0. The van der Waals surface area contributed by atoms with Crippen LogP contribution in [0.25, 0.3) is 6.08 Å². The molecule has 0 fully saturated rings. The van der Waals surface area contributed by atoms with Gasteiger partial charge in [0, 0.05) is 6.20 Å². The lowest BCUT2D eigenvalue weighted by Crippen LogP contribution is -1.89. The second kappa shape index (κ2) is 4.48. The standard InChI is InChI=1S/C9H8ClN3/c10-9-8(12)5-7(6-13-9)3-1-2-4-11/h1,3,5-6H,2,12H2. The van der Waals surface area contributed by atoms with E-state index in [1.807, 2.05) is 6.07 Å². The fraction of sp³-hybridized carbons (Fsp3) is 0.111. The third-order valence-corrected chi connectivity index (χ3v) is 1.72. The highest BCUT2D eigenvalue weighted by atomic mass is 35.5. The number of nitrogens with zero attached hydrogens (tertiary/aromatic N) is 2. The summed E-state index contributed by atoms with van der Waals surface area (Å²) >= 11 is 5.63. The molecule has 66 valence electrons. The lowest BCUT2D eigenvalue weighted by Gasteiger charge is -1.97. The number of nitrogens with two attached hydrogens (primary N) is 1. The molecule has 4 heteroatoms. The van der Waals surface area contributed by atoms with Crippen molar-refractivity contribution in [3.05, 3.63) is 29.1 Å². The molecule has 0 saturated carbocycles. The highest BCUT2D eigenvalue weighted by Gasteiger charge is 1.95. The lowest BCUT2D eigenvalue weighted by molar-refractivity contribution is 1.31. The summed E-state index contributed by atoms with van der Waals surface area (Å²) in [7, 11) is 0. The van der Waals surface area contributed by atoms with E-state index in [1.165, 1.54) is 0 Å². The topological polar surface area (TPSA) is 62.7 Å². The van der Waals surface area contributed by atoms with Gasteiger partial charge in [-0.2, -0.15) is 5.26 Å². The summed E-state index contributed by atoms with van der Waals surface area (Å²) in [5.74, 6) is 0. The van der Waals surface area contributed by atoms with Crippen molar-refractivity contribution in [2.45, 2.75) is 6.42 Å². The first-order valence-corrected chi connectivity index (χ1v) is 4.06. The van der Waals surface area contributed by atoms with E-state index in [-0.39, 0.29) is 0 Å². The zero-order valence-corrected chi connectivity index (χ0v) is 7.62. The van der Waals surface area contributed by atoms with E-state index in [1.54, 1.807) is 24.4 Å². The smallest absolute Gasteiger partial charge is 0.151 e. The molecule has 3 nitrogen and oxygen atoms in total. The number of nitriles is 1. The van der Waals surface area contributed by atoms with Crippen molar-refractivity contribution >= 4 is 23.4 Å². The van der Waals surface area contributed by atoms with Crippen molar-refractivity contribution in [2.75, 3.05) is 5.73 Å². The van der Waals surface area contributed by atoms with Gasteiger partial charge in [-0.3, -0.25) is 0 Å². The number of nitrogen functional groups attached to an aromatic ring is 1. The summed E-state index contributed by atoms with van der Waals surface area (Å²) in [6, 6.07) is 3.71. The van der Waals surface area contributed by atoms with Crippen LogP contribution in [0.15, 0.2) is 18.3 Å². The number of allylic oxidation sites excluding steroid dienone is 1. The molecule has 1 aromatic heterocycles. The Hall–Kier alpha value is -1.53. The van der Waals surface area contributed by atoms with E-state index in [0.29, 0.717) is 17.3 Å². The highest BCUT2D eigenvalue weighted by molar-refractivity contribution is 6.31. The number of hydrogen-bond donors (Lipinski definition) is 1. The van der Waals surface area contributed by atoms with Gasteiger partial charge in [-0.15, -0.1) is 0 Å². The predicted octanol–water partition coefficient (Wildman–Crippen LogP) is 2.24. The maximum atomic E-state index is 8.28. The molecule has 13 heavy (non-hydrogen) atoms. The number of halogens is 1. The Morgan fingerprint density at radius 2 is 2.46 bits per heavy atom. The van der Waals surface area contributed by atoms with Crippen LogP contribution in [0.5, 0.6) is 0 Å². The van der Waals surface area contributed by atoms with Gasteiger partial charge in [-0.1, -0.05) is 23.8 Å². The average Bonchev–Trinajstić information content (AvgIpc) is 2.12.